The highest BCUT2D eigenvalue weighted by Gasteiger charge is 2.48. The zero-order chi connectivity index (χ0) is 22.1. The topological polar surface area (TPSA) is 117 Å². The lowest BCUT2D eigenvalue weighted by molar-refractivity contribution is -0.252. The number of thiol groups is 1. The first-order valence-corrected chi connectivity index (χ1v) is 11.0. The smallest absolute Gasteiger partial charge is 0.164 e. The van der Waals surface area contributed by atoms with Crippen LogP contribution in [0.4, 0.5) is 0 Å². The van der Waals surface area contributed by atoms with Gasteiger partial charge in [0.05, 0.1) is 29.2 Å². The number of ether oxygens (including phenoxy) is 1. The van der Waals surface area contributed by atoms with E-state index in [-0.39, 0.29) is 10.9 Å². The number of hydrogen-bond acceptors (Lipinski definition) is 9. The molecular weight excluding hydrogens is 436 g/mol. The minimum Gasteiger partial charge on any atom is -0.394 e. The summed E-state index contributed by atoms with van der Waals surface area (Å²) in [5.74, 6) is -0.339. The second-order valence-corrected chi connectivity index (χ2v) is 8.75. The third-order valence-electron chi connectivity index (χ3n) is 5.53. The van der Waals surface area contributed by atoms with Gasteiger partial charge in [-0.05, 0) is 23.1 Å². The Morgan fingerprint density at radius 2 is 1.81 bits per heavy atom. The van der Waals surface area contributed by atoms with E-state index in [0.29, 0.717) is 11.3 Å². The summed E-state index contributed by atoms with van der Waals surface area (Å²) in [7, 11) is 0. The highest BCUT2D eigenvalue weighted by atomic mass is 32.1. The Hall–Kier alpha value is -2.16. The molecule has 2 aromatic rings. The predicted octanol–water partition coefficient (Wildman–Crippen LogP) is 1.65. The lowest BCUT2D eigenvalue weighted by Gasteiger charge is -2.47. The highest BCUT2D eigenvalue weighted by molar-refractivity contribution is 7.84. The van der Waals surface area contributed by atoms with Crippen molar-refractivity contribution < 1.29 is 25.2 Å². The molecule has 162 valence electrons. The van der Waals surface area contributed by atoms with Crippen molar-refractivity contribution in [2.75, 3.05) is 6.61 Å². The van der Waals surface area contributed by atoms with E-state index in [2.05, 4.69) is 18.7 Å². The van der Waals surface area contributed by atoms with Gasteiger partial charge in [0.15, 0.2) is 6.23 Å². The van der Waals surface area contributed by atoms with E-state index in [1.807, 2.05) is 53.9 Å². The van der Waals surface area contributed by atoms with E-state index in [4.69, 9.17) is 4.74 Å². The number of rotatable bonds is 4. The van der Waals surface area contributed by atoms with Crippen LogP contribution in [0.25, 0.3) is 5.70 Å². The predicted molar refractivity (Wildman–Crippen MR) is 119 cm³/mol. The molecule has 0 radical (unpaired) electrons. The molecule has 2 aliphatic rings. The van der Waals surface area contributed by atoms with Crippen molar-refractivity contribution in [3.63, 3.8) is 0 Å². The zero-order valence-electron chi connectivity index (χ0n) is 16.3. The zero-order valence-corrected chi connectivity index (χ0v) is 18.0. The van der Waals surface area contributed by atoms with Crippen molar-refractivity contribution in [3.05, 3.63) is 75.0 Å². The van der Waals surface area contributed by atoms with Crippen LogP contribution in [0.1, 0.15) is 16.4 Å². The second kappa shape index (κ2) is 9.14. The molecule has 4 N–H and O–H groups in total. The highest BCUT2D eigenvalue weighted by Crippen LogP contribution is 2.44. The van der Waals surface area contributed by atoms with Crippen LogP contribution in [0.2, 0.25) is 0 Å². The van der Waals surface area contributed by atoms with Crippen LogP contribution in [-0.4, -0.2) is 62.6 Å². The molecule has 0 spiro atoms. The summed E-state index contributed by atoms with van der Waals surface area (Å²) in [6.45, 7) is -0.547. The molecule has 3 heterocycles. The third-order valence-corrected chi connectivity index (χ3v) is 6.94. The van der Waals surface area contributed by atoms with Crippen LogP contribution in [0.15, 0.2) is 64.5 Å². The van der Waals surface area contributed by atoms with Gasteiger partial charge in [0.25, 0.3) is 0 Å². The van der Waals surface area contributed by atoms with Gasteiger partial charge in [-0.2, -0.15) is 5.26 Å². The molecule has 1 aromatic carbocycles. The number of aliphatic hydroxyl groups excluding tert-OH is 4. The molecule has 31 heavy (non-hydrogen) atoms. The Morgan fingerprint density at radius 3 is 2.42 bits per heavy atom. The van der Waals surface area contributed by atoms with Gasteiger partial charge in [0.2, 0.25) is 0 Å². The molecular formula is C22H22N2O5S2. The minimum atomic E-state index is -1.55. The minimum absolute atomic E-state index is 0.270. The van der Waals surface area contributed by atoms with Gasteiger partial charge in [-0.3, -0.25) is 0 Å². The van der Waals surface area contributed by atoms with Gasteiger partial charge in [0, 0.05) is 10.6 Å². The molecule has 0 unspecified atom stereocenters. The Bertz CT molecular complexity index is 1020. The fourth-order valence-corrected chi connectivity index (χ4v) is 5.13. The Morgan fingerprint density at radius 1 is 1.06 bits per heavy atom. The van der Waals surface area contributed by atoms with Crippen molar-refractivity contribution in [3.8, 4) is 6.07 Å². The van der Waals surface area contributed by atoms with Crippen LogP contribution in [0.3, 0.4) is 0 Å². The maximum Gasteiger partial charge on any atom is 0.164 e. The average molecular weight is 459 g/mol. The van der Waals surface area contributed by atoms with Gasteiger partial charge in [-0.15, -0.1) is 24.0 Å². The van der Waals surface area contributed by atoms with Crippen LogP contribution in [0.5, 0.6) is 0 Å². The first-order chi connectivity index (χ1) is 15.0. The van der Waals surface area contributed by atoms with Gasteiger partial charge in [-0.1, -0.05) is 36.4 Å². The summed E-state index contributed by atoms with van der Waals surface area (Å²) in [6, 6.07) is 15.4. The maximum atomic E-state index is 10.7. The van der Waals surface area contributed by atoms with Crippen molar-refractivity contribution in [1.29, 1.82) is 5.26 Å². The molecule has 0 aliphatic carbocycles. The van der Waals surface area contributed by atoms with E-state index in [1.165, 1.54) is 11.3 Å². The molecule has 0 bridgehead atoms. The number of thiophene rings is 1. The molecule has 2 aliphatic heterocycles. The normalized spacial score (nSPS) is 31.4. The number of nitrogens with zero attached hydrogens (tertiary/aromatic N) is 2. The van der Waals surface area contributed by atoms with E-state index < -0.39 is 37.3 Å². The summed E-state index contributed by atoms with van der Waals surface area (Å²) in [5, 5.41) is 53.0. The summed E-state index contributed by atoms with van der Waals surface area (Å²) >= 11 is 6.16. The van der Waals surface area contributed by atoms with Crippen LogP contribution in [0, 0.1) is 11.3 Å². The van der Waals surface area contributed by atoms with Crippen LogP contribution < -0.4 is 0 Å². The molecule has 0 amide bonds. The molecule has 7 nitrogen and oxygen atoms in total. The quantitative estimate of drug-likeness (QED) is 0.442. The standard InChI is InChI=1S/C22H22N2O5S2/c23-10-14-13(17-7-4-8-31-17)9-15(12-5-2-1-3-6-12)24(22(14)30)21-20(28)19(27)18(26)16(11-25)29-21/h1-9,13,16,18-21,25-28,30H,11H2/t13-,16-,18+,19+,20+,21+/m0/s1. The summed E-state index contributed by atoms with van der Waals surface area (Å²) in [6.07, 6.45) is -4.89. The van der Waals surface area contributed by atoms with Crippen LogP contribution in [-0.2, 0) is 4.74 Å². The van der Waals surface area contributed by atoms with E-state index in [0.717, 1.165) is 10.4 Å². The third kappa shape index (κ3) is 3.92. The number of nitriles is 1. The number of benzene rings is 1. The van der Waals surface area contributed by atoms with Gasteiger partial charge in [-0.25, -0.2) is 0 Å². The molecule has 0 saturated carbocycles. The fraction of sp³-hybridized carbons (Fsp3) is 0.318. The number of allylic oxidation sites excluding steroid dienone is 2. The first-order valence-electron chi connectivity index (χ1n) is 9.71. The molecule has 9 heteroatoms. The summed E-state index contributed by atoms with van der Waals surface area (Å²) in [4.78, 5) is 2.51. The monoisotopic (exact) mass is 458 g/mol. The molecule has 4 rings (SSSR count). The Labute approximate surface area is 189 Å². The SMILES string of the molecule is N#CC1=C(S)N([C@@H]2O[C@@H](CO)[C@@H](O)[C@@H](O)[C@H]2O)C(c2ccccc2)=C[C@@H]1c1cccs1. The van der Waals surface area contributed by atoms with E-state index in [9.17, 15) is 25.7 Å². The second-order valence-electron chi connectivity index (χ2n) is 7.35. The summed E-state index contributed by atoms with van der Waals surface area (Å²) in [5.41, 5.74) is 1.79. The van der Waals surface area contributed by atoms with Crippen molar-refractivity contribution in [2.24, 2.45) is 0 Å². The maximum absolute atomic E-state index is 10.7. The van der Waals surface area contributed by atoms with Crippen LogP contribution >= 0.6 is 24.0 Å². The van der Waals surface area contributed by atoms with Gasteiger partial charge >= 0.3 is 0 Å². The molecule has 1 saturated heterocycles. The molecule has 6 atom stereocenters. The fourth-order valence-electron chi connectivity index (χ4n) is 3.91. The van der Waals surface area contributed by atoms with Gasteiger partial charge < -0.3 is 30.1 Å². The Kier molecular flexibility index (Phi) is 6.50. The van der Waals surface area contributed by atoms with Gasteiger partial charge in [0.1, 0.15) is 24.4 Å². The van der Waals surface area contributed by atoms with Crippen molar-refractivity contribution in [1.82, 2.24) is 4.90 Å². The summed E-state index contributed by atoms with van der Waals surface area (Å²) < 4.78 is 5.80. The average Bonchev–Trinajstić information content (AvgIpc) is 3.33. The van der Waals surface area contributed by atoms with E-state index in [1.54, 1.807) is 4.90 Å². The largest absolute Gasteiger partial charge is 0.394 e. The van der Waals surface area contributed by atoms with Crippen molar-refractivity contribution in [2.45, 2.75) is 36.6 Å². The van der Waals surface area contributed by atoms with E-state index >= 15 is 0 Å². The Balaban J connectivity index is 1.86. The number of hydrogen-bond donors (Lipinski definition) is 5. The molecule has 1 aromatic heterocycles. The molecule has 1 fully saturated rings. The lowest BCUT2D eigenvalue weighted by Crippen LogP contribution is -2.62. The number of aliphatic hydroxyl groups is 4. The first kappa shape index (κ1) is 22.0. The lowest BCUT2D eigenvalue weighted by atomic mass is 9.90. The van der Waals surface area contributed by atoms with Crippen molar-refractivity contribution >= 4 is 29.7 Å².